The molecule has 0 aliphatic heterocycles. The van der Waals surface area contributed by atoms with E-state index in [1.807, 2.05) is 0 Å². The van der Waals surface area contributed by atoms with E-state index >= 15 is 0 Å². The first-order valence-electron chi connectivity index (χ1n) is 5.90. The summed E-state index contributed by atoms with van der Waals surface area (Å²) in [5.41, 5.74) is 6.63. The van der Waals surface area contributed by atoms with E-state index in [0.717, 1.165) is 5.56 Å². The van der Waals surface area contributed by atoms with Gasteiger partial charge in [0.05, 0.1) is 12.5 Å². The number of phenols is 1. The van der Waals surface area contributed by atoms with Crippen LogP contribution in [0.4, 0.5) is 0 Å². The molecule has 0 saturated carbocycles. The molecule has 1 aromatic carbocycles. The molecule has 1 amide bonds. The van der Waals surface area contributed by atoms with Crippen molar-refractivity contribution in [3.05, 3.63) is 29.8 Å². The van der Waals surface area contributed by atoms with Crippen molar-refractivity contribution in [1.82, 2.24) is 4.90 Å². The highest BCUT2D eigenvalue weighted by molar-refractivity contribution is 5.82. The molecule has 0 aromatic heterocycles. The summed E-state index contributed by atoms with van der Waals surface area (Å²) in [6, 6.07) is 5.73. The molecule has 104 valence electrons. The first kappa shape index (κ1) is 15.0. The lowest BCUT2D eigenvalue weighted by Crippen LogP contribution is -2.43. The molecule has 19 heavy (non-hydrogen) atoms. The topological polar surface area (TPSA) is 104 Å². The molecule has 6 heteroatoms. The van der Waals surface area contributed by atoms with Gasteiger partial charge in [-0.3, -0.25) is 9.59 Å². The fourth-order valence-electron chi connectivity index (χ4n) is 1.63. The second kappa shape index (κ2) is 6.75. The molecular formula is C13H18N2O4. The zero-order valence-corrected chi connectivity index (χ0v) is 10.7. The molecule has 0 fully saturated rings. The number of rotatable bonds is 6. The molecule has 6 nitrogen and oxygen atoms in total. The Morgan fingerprint density at radius 1 is 1.32 bits per heavy atom. The van der Waals surface area contributed by atoms with Crippen LogP contribution >= 0.6 is 0 Å². The van der Waals surface area contributed by atoms with E-state index in [9.17, 15) is 9.59 Å². The van der Waals surface area contributed by atoms with Crippen molar-refractivity contribution in [2.75, 3.05) is 13.6 Å². The average molecular weight is 266 g/mol. The lowest BCUT2D eigenvalue weighted by Gasteiger charge is -2.20. The standard InChI is InChI=1S/C13H18N2O4/c1-15(7-6-12(17)18)13(19)11(14)8-9-2-4-10(16)5-3-9/h2-5,11,16H,6-8,14H2,1H3,(H,17,18). The summed E-state index contributed by atoms with van der Waals surface area (Å²) in [4.78, 5) is 23.6. The number of amides is 1. The molecule has 0 bridgehead atoms. The van der Waals surface area contributed by atoms with Gasteiger partial charge in [0.1, 0.15) is 5.75 Å². The molecule has 0 spiro atoms. The van der Waals surface area contributed by atoms with Gasteiger partial charge in [-0.05, 0) is 24.1 Å². The van der Waals surface area contributed by atoms with Gasteiger partial charge in [-0.15, -0.1) is 0 Å². The fraction of sp³-hybridized carbons (Fsp3) is 0.385. The van der Waals surface area contributed by atoms with Gasteiger partial charge >= 0.3 is 5.97 Å². The maximum absolute atomic E-state index is 11.9. The molecule has 1 aromatic rings. The number of hydrogen-bond acceptors (Lipinski definition) is 4. The van der Waals surface area contributed by atoms with Gasteiger partial charge in [0, 0.05) is 13.6 Å². The minimum Gasteiger partial charge on any atom is -0.508 e. The van der Waals surface area contributed by atoms with Crippen molar-refractivity contribution in [1.29, 1.82) is 0 Å². The third-order valence-corrected chi connectivity index (χ3v) is 2.75. The predicted molar refractivity (Wildman–Crippen MR) is 69.7 cm³/mol. The molecule has 0 aliphatic rings. The van der Waals surface area contributed by atoms with E-state index in [4.69, 9.17) is 15.9 Å². The number of carbonyl (C=O) groups is 2. The van der Waals surface area contributed by atoms with E-state index < -0.39 is 12.0 Å². The maximum Gasteiger partial charge on any atom is 0.305 e. The second-order valence-corrected chi connectivity index (χ2v) is 4.38. The second-order valence-electron chi connectivity index (χ2n) is 4.38. The lowest BCUT2D eigenvalue weighted by molar-refractivity contribution is -0.138. The SMILES string of the molecule is CN(CCC(=O)O)C(=O)C(N)Cc1ccc(O)cc1. The van der Waals surface area contributed by atoms with Crippen molar-refractivity contribution in [3.63, 3.8) is 0 Å². The average Bonchev–Trinajstić information content (AvgIpc) is 2.37. The van der Waals surface area contributed by atoms with E-state index in [-0.39, 0.29) is 24.6 Å². The number of aliphatic carboxylic acids is 1. The molecule has 1 rings (SSSR count). The van der Waals surface area contributed by atoms with Crippen LogP contribution in [0.25, 0.3) is 0 Å². The van der Waals surface area contributed by atoms with Gasteiger partial charge in [0.15, 0.2) is 0 Å². The number of carboxylic acids is 1. The highest BCUT2D eigenvalue weighted by Crippen LogP contribution is 2.11. The summed E-state index contributed by atoms with van der Waals surface area (Å²) < 4.78 is 0. The zero-order chi connectivity index (χ0) is 14.4. The number of phenolic OH excluding ortho intramolecular Hbond substituents is 1. The van der Waals surface area contributed by atoms with Crippen molar-refractivity contribution in [2.45, 2.75) is 18.9 Å². The number of carboxylic acid groups (broad SMARTS) is 1. The van der Waals surface area contributed by atoms with Crippen LogP contribution in [-0.4, -0.2) is 46.6 Å². The monoisotopic (exact) mass is 266 g/mol. The van der Waals surface area contributed by atoms with E-state index in [1.54, 1.807) is 12.1 Å². The van der Waals surface area contributed by atoms with E-state index in [0.29, 0.717) is 6.42 Å². The van der Waals surface area contributed by atoms with Crippen LogP contribution in [0.2, 0.25) is 0 Å². The maximum atomic E-state index is 11.9. The number of nitrogens with zero attached hydrogens (tertiary/aromatic N) is 1. The Kier molecular flexibility index (Phi) is 5.32. The van der Waals surface area contributed by atoms with Crippen LogP contribution in [0.1, 0.15) is 12.0 Å². The number of benzene rings is 1. The van der Waals surface area contributed by atoms with Gasteiger partial charge in [0.25, 0.3) is 0 Å². The van der Waals surface area contributed by atoms with Crippen LogP contribution < -0.4 is 5.73 Å². The Morgan fingerprint density at radius 2 is 1.89 bits per heavy atom. The van der Waals surface area contributed by atoms with Gasteiger partial charge in [-0.25, -0.2) is 0 Å². The van der Waals surface area contributed by atoms with Crippen molar-refractivity contribution < 1.29 is 19.8 Å². The molecule has 0 heterocycles. The Labute approximate surface area is 111 Å². The van der Waals surface area contributed by atoms with Crippen molar-refractivity contribution in [2.24, 2.45) is 5.73 Å². The van der Waals surface area contributed by atoms with Crippen LogP contribution in [0.3, 0.4) is 0 Å². The van der Waals surface area contributed by atoms with Crippen LogP contribution in [0.15, 0.2) is 24.3 Å². The number of nitrogens with two attached hydrogens (primary N) is 1. The summed E-state index contributed by atoms with van der Waals surface area (Å²) in [6.45, 7) is 0.136. The minimum atomic E-state index is -0.952. The highest BCUT2D eigenvalue weighted by atomic mass is 16.4. The first-order valence-corrected chi connectivity index (χ1v) is 5.90. The normalized spacial score (nSPS) is 11.9. The van der Waals surface area contributed by atoms with Gasteiger partial charge in [-0.1, -0.05) is 12.1 Å². The summed E-state index contributed by atoms with van der Waals surface area (Å²) in [6.07, 6.45) is 0.241. The summed E-state index contributed by atoms with van der Waals surface area (Å²) in [5, 5.41) is 17.7. The molecule has 4 N–H and O–H groups in total. The van der Waals surface area contributed by atoms with Crippen molar-refractivity contribution in [3.8, 4) is 5.75 Å². The molecular weight excluding hydrogens is 248 g/mol. The van der Waals surface area contributed by atoms with Crippen LogP contribution in [0.5, 0.6) is 5.75 Å². The Bertz CT molecular complexity index is 444. The van der Waals surface area contributed by atoms with E-state index in [2.05, 4.69) is 0 Å². The fourth-order valence-corrected chi connectivity index (χ4v) is 1.63. The largest absolute Gasteiger partial charge is 0.508 e. The Morgan fingerprint density at radius 3 is 2.42 bits per heavy atom. The third-order valence-electron chi connectivity index (χ3n) is 2.75. The van der Waals surface area contributed by atoms with Gasteiger partial charge in [-0.2, -0.15) is 0 Å². The number of carbonyl (C=O) groups excluding carboxylic acids is 1. The quantitative estimate of drug-likeness (QED) is 0.682. The molecule has 0 aliphatic carbocycles. The number of aromatic hydroxyl groups is 1. The van der Waals surface area contributed by atoms with E-state index in [1.165, 1.54) is 24.1 Å². The van der Waals surface area contributed by atoms with Crippen LogP contribution in [0, 0.1) is 0 Å². The smallest absolute Gasteiger partial charge is 0.305 e. The first-order chi connectivity index (χ1) is 8.90. The number of hydrogen-bond donors (Lipinski definition) is 3. The molecule has 0 saturated heterocycles. The summed E-state index contributed by atoms with van der Waals surface area (Å²) in [7, 11) is 1.53. The molecule has 1 unspecified atom stereocenters. The highest BCUT2D eigenvalue weighted by Gasteiger charge is 2.18. The lowest BCUT2D eigenvalue weighted by atomic mass is 10.1. The summed E-state index contributed by atoms with van der Waals surface area (Å²) >= 11 is 0. The Hall–Kier alpha value is -2.08. The summed E-state index contributed by atoms with van der Waals surface area (Å²) in [5.74, 6) is -1.09. The van der Waals surface area contributed by atoms with Crippen LogP contribution in [-0.2, 0) is 16.0 Å². The van der Waals surface area contributed by atoms with Gasteiger partial charge < -0.3 is 20.8 Å². The minimum absolute atomic E-state index is 0.103. The predicted octanol–water partition coefficient (Wildman–Crippen LogP) is 0.195. The Balaban J connectivity index is 2.52. The third kappa shape index (κ3) is 4.97. The van der Waals surface area contributed by atoms with Crippen molar-refractivity contribution >= 4 is 11.9 Å². The van der Waals surface area contributed by atoms with Gasteiger partial charge in [0.2, 0.25) is 5.91 Å². The molecule has 1 atom stereocenters. The zero-order valence-electron chi connectivity index (χ0n) is 10.7. The number of likely N-dealkylation sites (N-methyl/N-ethyl adjacent to an activating group) is 1. The molecule has 0 radical (unpaired) electrons.